The van der Waals surface area contributed by atoms with Gasteiger partial charge in [0.05, 0.1) is 12.1 Å². The Morgan fingerprint density at radius 3 is 2.56 bits per heavy atom. The Morgan fingerprint density at radius 1 is 1.06 bits per heavy atom. The fourth-order valence-corrected chi connectivity index (χ4v) is 5.31. The maximum Gasteiger partial charge on any atom is 0.421 e. The number of carbonyl (C=O) groups is 1. The number of amides is 1. The van der Waals surface area contributed by atoms with E-state index in [4.69, 9.17) is 0 Å². The van der Waals surface area contributed by atoms with Crippen molar-refractivity contribution in [2.45, 2.75) is 44.2 Å². The first kappa shape index (κ1) is 20.7. The molecule has 1 saturated heterocycles. The summed E-state index contributed by atoms with van der Waals surface area (Å²) in [5.41, 5.74) is 3.35. The van der Waals surface area contributed by atoms with Crippen molar-refractivity contribution in [2.24, 2.45) is 0 Å². The van der Waals surface area contributed by atoms with Crippen LogP contribution in [0.3, 0.4) is 0 Å². The normalized spacial score (nSPS) is 20.4. The molecule has 174 valence electrons. The number of nitrogens with one attached hydrogen (secondary N) is 1. The van der Waals surface area contributed by atoms with Crippen molar-refractivity contribution in [3.63, 3.8) is 0 Å². The molecule has 2 unspecified atom stereocenters. The van der Waals surface area contributed by atoms with Gasteiger partial charge in [-0.3, -0.25) is 9.88 Å². The third-order valence-corrected chi connectivity index (χ3v) is 6.77. The summed E-state index contributed by atoms with van der Waals surface area (Å²) in [7, 11) is 0. The van der Waals surface area contributed by atoms with E-state index in [1.165, 1.54) is 4.90 Å². The van der Waals surface area contributed by atoms with E-state index in [1.807, 2.05) is 12.1 Å². The smallest absolute Gasteiger partial charge is 0.421 e. The SMILES string of the molecule is O=C(O)N1C2CCC1c1cc(Nc3ncc(C(F)(F)F)c(N4Cc5ccncc5C4)n3)ccc12. The highest BCUT2D eigenvalue weighted by molar-refractivity contribution is 5.71. The molecule has 0 spiro atoms. The van der Waals surface area contributed by atoms with E-state index in [2.05, 4.69) is 20.3 Å². The number of hydrogen-bond acceptors (Lipinski definition) is 6. The largest absolute Gasteiger partial charge is 0.465 e. The Bertz CT molecular complexity index is 1290. The number of pyridine rings is 1. The molecular weight excluding hydrogens is 449 g/mol. The second kappa shape index (κ2) is 7.31. The van der Waals surface area contributed by atoms with Crippen molar-refractivity contribution in [1.82, 2.24) is 19.9 Å². The molecule has 0 aliphatic carbocycles. The maximum absolute atomic E-state index is 13.7. The molecular formula is C23H19F3N6O2. The highest BCUT2D eigenvalue weighted by Gasteiger charge is 2.46. The fraction of sp³-hybridized carbons (Fsp3) is 0.304. The predicted octanol–water partition coefficient (Wildman–Crippen LogP) is 5.02. The Morgan fingerprint density at radius 2 is 1.82 bits per heavy atom. The summed E-state index contributed by atoms with van der Waals surface area (Å²) in [6, 6.07) is 6.92. The number of alkyl halides is 3. The van der Waals surface area contributed by atoms with Gasteiger partial charge in [0.25, 0.3) is 0 Å². The van der Waals surface area contributed by atoms with Crippen molar-refractivity contribution >= 4 is 23.5 Å². The van der Waals surface area contributed by atoms with Crippen molar-refractivity contribution in [2.75, 3.05) is 10.2 Å². The van der Waals surface area contributed by atoms with Gasteiger partial charge in [-0.15, -0.1) is 0 Å². The number of benzene rings is 1. The summed E-state index contributed by atoms with van der Waals surface area (Å²) >= 11 is 0. The van der Waals surface area contributed by atoms with E-state index < -0.39 is 17.8 Å². The highest BCUT2D eigenvalue weighted by atomic mass is 19.4. The molecule has 2 aromatic heterocycles. The molecule has 2 bridgehead atoms. The van der Waals surface area contributed by atoms with Gasteiger partial charge in [-0.2, -0.15) is 18.2 Å². The van der Waals surface area contributed by atoms with Gasteiger partial charge in [0.1, 0.15) is 11.4 Å². The lowest BCUT2D eigenvalue weighted by Crippen LogP contribution is -2.25. The molecule has 34 heavy (non-hydrogen) atoms. The average molecular weight is 468 g/mol. The molecule has 6 rings (SSSR count). The monoisotopic (exact) mass is 468 g/mol. The number of hydrogen-bond donors (Lipinski definition) is 2. The van der Waals surface area contributed by atoms with Crippen molar-refractivity contribution < 1.29 is 23.1 Å². The van der Waals surface area contributed by atoms with E-state index in [1.54, 1.807) is 29.4 Å². The Labute approximate surface area is 192 Å². The lowest BCUT2D eigenvalue weighted by atomic mass is 9.91. The van der Waals surface area contributed by atoms with Crippen molar-refractivity contribution in [3.8, 4) is 0 Å². The number of rotatable bonds is 3. The minimum Gasteiger partial charge on any atom is -0.465 e. The minimum atomic E-state index is -4.60. The first-order chi connectivity index (χ1) is 16.3. The van der Waals surface area contributed by atoms with Gasteiger partial charge in [0.2, 0.25) is 5.95 Å². The van der Waals surface area contributed by atoms with Gasteiger partial charge >= 0.3 is 12.3 Å². The first-order valence-corrected chi connectivity index (χ1v) is 10.8. The first-order valence-electron chi connectivity index (χ1n) is 10.8. The Balaban J connectivity index is 1.31. The number of fused-ring (bicyclic) bond motifs is 6. The van der Waals surface area contributed by atoms with Crippen LogP contribution in [0.2, 0.25) is 0 Å². The molecule has 8 nitrogen and oxygen atoms in total. The highest BCUT2D eigenvalue weighted by Crippen LogP contribution is 2.53. The molecule has 11 heteroatoms. The average Bonchev–Trinajstić information content (AvgIpc) is 3.50. The number of halogens is 3. The quantitative estimate of drug-likeness (QED) is 0.557. The summed E-state index contributed by atoms with van der Waals surface area (Å²) in [5, 5.41) is 12.6. The maximum atomic E-state index is 13.7. The van der Waals surface area contributed by atoms with E-state index in [-0.39, 0.29) is 30.4 Å². The summed E-state index contributed by atoms with van der Waals surface area (Å²) in [6.45, 7) is 0.569. The van der Waals surface area contributed by atoms with Crippen molar-refractivity contribution in [3.05, 3.63) is 70.7 Å². The van der Waals surface area contributed by atoms with Crippen molar-refractivity contribution in [1.29, 1.82) is 0 Å². The summed E-state index contributed by atoms with van der Waals surface area (Å²) in [4.78, 5) is 26.9. The van der Waals surface area contributed by atoms with Gasteiger partial charge in [-0.25, -0.2) is 9.78 Å². The van der Waals surface area contributed by atoms with Crippen LogP contribution in [-0.2, 0) is 19.3 Å². The molecule has 1 amide bonds. The molecule has 0 radical (unpaired) electrons. The van der Waals surface area contributed by atoms with Crippen LogP contribution in [0, 0.1) is 0 Å². The molecule has 1 aromatic carbocycles. The fourth-order valence-electron chi connectivity index (χ4n) is 5.31. The lowest BCUT2D eigenvalue weighted by Gasteiger charge is -2.22. The van der Waals surface area contributed by atoms with Crippen LogP contribution in [0.4, 0.5) is 35.4 Å². The van der Waals surface area contributed by atoms with Crippen LogP contribution in [0.5, 0.6) is 0 Å². The van der Waals surface area contributed by atoms with Crippen LogP contribution in [0.1, 0.15) is 52.7 Å². The molecule has 0 saturated carbocycles. The van der Waals surface area contributed by atoms with E-state index in [0.717, 1.165) is 41.3 Å². The predicted molar refractivity (Wildman–Crippen MR) is 115 cm³/mol. The number of carboxylic acid groups (broad SMARTS) is 1. The zero-order chi connectivity index (χ0) is 23.6. The van der Waals surface area contributed by atoms with Gasteiger partial charge in [-0.1, -0.05) is 6.07 Å². The zero-order valence-corrected chi connectivity index (χ0v) is 17.8. The van der Waals surface area contributed by atoms with Gasteiger partial charge in [-0.05, 0) is 53.3 Å². The number of nitrogens with zero attached hydrogens (tertiary/aromatic N) is 5. The lowest BCUT2D eigenvalue weighted by molar-refractivity contribution is -0.137. The van der Waals surface area contributed by atoms with E-state index in [9.17, 15) is 23.1 Å². The second-order valence-corrected chi connectivity index (χ2v) is 8.70. The molecule has 5 heterocycles. The van der Waals surface area contributed by atoms with Gasteiger partial charge in [0.15, 0.2) is 0 Å². The number of aromatic nitrogens is 3. The van der Waals surface area contributed by atoms with Crippen LogP contribution in [0.25, 0.3) is 0 Å². The molecule has 2 atom stereocenters. The third kappa shape index (κ3) is 3.22. The van der Waals surface area contributed by atoms with Crippen LogP contribution in [0.15, 0.2) is 42.9 Å². The van der Waals surface area contributed by atoms with Gasteiger partial charge in [0, 0.05) is 37.4 Å². The zero-order valence-electron chi connectivity index (χ0n) is 17.8. The van der Waals surface area contributed by atoms with E-state index >= 15 is 0 Å². The van der Waals surface area contributed by atoms with Gasteiger partial charge < -0.3 is 15.3 Å². The van der Waals surface area contributed by atoms with Crippen LogP contribution in [-0.4, -0.2) is 31.1 Å². The Hall–Kier alpha value is -3.89. The topological polar surface area (TPSA) is 94.5 Å². The summed E-state index contributed by atoms with van der Waals surface area (Å²) in [6.07, 6.45) is 0.0551. The molecule has 3 aliphatic heterocycles. The van der Waals surface area contributed by atoms with Crippen LogP contribution >= 0.6 is 0 Å². The molecule has 3 aliphatic rings. The standard InChI is InChI=1S/C23H19F3N6O2/c24-23(25,26)17-9-28-21(30-20(17)31-10-12-5-6-27-8-13(12)11-31)29-14-1-2-15-16(7-14)19-4-3-18(15)32(19)22(33)34/h1-2,5-9,18-19H,3-4,10-11H2,(H,33,34)(H,28,29,30). The summed E-state index contributed by atoms with van der Waals surface area (Å²) < 4.78 is 41.2. The minimum absolute atomic E-state index is 0.0373. The Kier molecular flexibility index (Phi) is 4.45. The molecule has 2 N–H and O–H groups in total. The van der Waals surface area contributed by atoms with E-state index in [0.29, 0.717) is 12.2 Å². The number of anilines is 3. The van der Waals surface area contributed by atoms with Crippen LogP contribution < -0.4 is 10.2 Å². The molecule has 3 aromatic rings. The molecule has 1 fully saturated rings. The second-order valence-electron chi connectivity index (χ2n) is 8.70. The summed E-state index contributed by atoms with van der Waals surface area (Å²) in [5.74, 6) is -0.159. The third-order valence-electron chi connectivity index (χ3n) is 6.77.